The molecule has 0 aliphatic rings. The molecule has 1 N–H and O–H groups in total. The van der Waals surface area contributed by atoms with Gasteiger partial charge in [-0.25, -0.2) is 4.68 Å². The first-order valence-electron chi connectivity index (χ1n) is 5.10. The lowest BCUT2D eigenvalue weighted by Gasteiger charge is -2.06. The molecule has 0 aliphatic carbocycles. The number of anilines is 1. The van der Waals surface area contributed by atoms with Crippen molar-refractivity contribution < 1.29 is 0 Å². The van der Waals surface area contributed by atoms with Gasteiger partial charge in [-0.2, -0.15) is 5.10 Å². The third-order valence-corrected chi connectivity index (χ3v) is 2.33. The Balaban J connectivity index is 2.02. The molecule has 2 aromatic rings. The molecule has 82 valence electrons. The smallest absolute Gasteiger partial charge is 0.0603 e. The summed E-state index contributed by atoms with van der Waals surface area (Å²) in [6, 6.07) is 3.93. The molecule has 16 heavy (non-hydrogen) atoms. The van der Waals surface area contributed by atoms with Crippen molar-refractivity contribution in [2.45, 2.75) is 13.5 Å². The first-order chi connectivity index (χ1) is 7.79. The largest absolute Gasteiger partial charge is 0.379 e. The Bertz CT molecular complexity index is 487. The molecule has 0 radical (unpaired) electrons. The first-order valence-corrected chi connectivity index (χ1v) is 5.10. The molecule has 0 amide bonds. The minimum Gasteiger partial charge on any atom is -0.379 e. The van der Waals surface area contributed by atoms with Gasteiger partial charge in [0.05, 0.1) is 17.6 Å². The van der Waals surface area contributed by atoms with Crippen LogP contribution in [0.5, 0.6) is 0 Å². The van der Waals surface area contributed by atoms with E-state index in [0.717, 1.165) is 23.5 Å². The first kappa shape index (κ1) is 10.4. The van der Waals surface area contributed by atoms with E-state index in [1.54, 1.807) is 17.1 Å². The number of aromatic nitrogens is 3. The van der Waals surface area contributed by atoms with Crippen LogP contribution in [0.1, 0.15) is 11.3 Å². The highest BCUT2D eigenvalue weighted by molar-refractivity contribution is 5.46. The fourth-order valence-corrected chi connectivity index (χ4v) is 1.44. The van der Waals surface area contributed by atoms with Crippen LogP contribution in [-0.2, 0) is 6.54 Å². The lowest BCUT2D eigenvalue weighted by Crippen LogP contribution is -2.00. The van der Waals surface area contributed by atoms with E-state index in [1.807, 2.05) is 31.5 Å². The molecule has 0 spiro atoms. The van der Waals surface area contributed by atoms with Crippen molar-refractivity contribution in [1.82, 2.24) is 14.8 Å². The zero-order valence-corrected chi connectivity index (χ0v) is 9.22. The van der Waals surface area contributed by atoms with Gasteiger partial charge in [-0.1, -0.05) is 6.58 Å². The normalized spacial score (nSPS) is 10.1. The third-order valence-electron chi connectivity index (χ3n) is 2.33. The summed E-state index contributed by atoms with van der Waals surface area (Å²) in [5.74, 6) is 0. The Kier molecular flexibility index (Phi) is 3.00. The van der Waals surface area contributed by atoms with Crippen LogP contribution in [0.4, 0.5) is 5.69 Å². The molecule has 2 rings (SSSR count). The van der Waals surface area contributed by atoms with Crippen LogP contribution in [0, 0.1) is 6.92 Å². The van der Waals surface area contributed by atoms with Gasteiger partial charge in [0.1, 0.15) is 0 Å². The van der Waals surface area contributed by atoms with Gasteiger partial charge in [-0.05, 0) is 19.1 Å². The summed E-state index contributed by atoms with van der Waals surface area (Å²) in [6.07, 6.45) is 7.21. The van der Waals surface area contributed by atoms with Gasteiger partial charge in [0.25, 0.3) is 0 Å². The number of hydrogen-bond acceptors (Lipinski definition) is 3. The SMILES string of the molecule is C=Cn1cc(CNc2cccnc2C)cn1. The second-order valence-corrected chi connectivity index (χ2v) is 3.50. The molecule has 0 unspecified atom stereocenters. The van der Waals surface area contributed by atoms with Gasteiger partial charge in [0.2, 0.25) is 0 Å². The topological polar surface area (TPSA) is 42.7 Å². The summed E-state index contributed by atoms with van der Waals surface area (Å²) in [6.45, 7) is 6.36. The van der Waals surface area contributed by atoms with E-state index in [0.29, 0.717) is 0 Å². The second kappa shape index (κ2) is 4.61. The van der Waals surface area contributed by atoms with Gasteiger partial charge in [-0.15, -0.1) is 0 Å². The molecule has 0 aromatic carbocycles. The Labute approximate surface area is 94.6 Å². The van der Waals surface area contributed by atoms with Crippen LogP contribution >= 0.6 is 0 Å². The minimum absolute atomic E-state index is 0.736. The fraction of sp³-hybridized carbons (Fsp3) is 0.167. The highest BCUT2D eigenvalue weighted by Gasteiger charge is 1.99. The van der Waals surface area contributed by atoms with Crippen molar-refractivity contribution >= 4 is 11.9 Å². The summed E-state index contributed by atoms with van der Waals surface area (Å²) in [4.78, 5) is 4.21. The quantitative estimate of drug-likeness (QED) is 0.849. The Morgan fingerprint density at radius 2 is 2.44 bits per heavy atom. The van der Waals surface area contributed by atoms with Crippen LogP contribution < -0.4 is 5.32 Å². The standard InChI is InChI=1S/C12H14N4/c1-3-16-9-11(8-15-16)7-14-12-5-4-6-13-10(12)2/h3-6,8-9,14H,1,7H2,2H3. The highest BCUT2D eigenvalue weighted by Crippen LogP contribution is 2.11. The zero-order chi connectivity index (χ0) is 11.4. The van der Waals surface area contributed by atoms with Crippen LogP contribution in [0.15, 0.2) is 37.3 Å². The predicted molar refractivity (Wildman–Crippen MR) is 64.9 cm³/mol. The minimum atomic E-state index is 0.736. The number of rotatable bonds is 4. The van der Waals surface area contributed by atoms with Crippen molar-refractivity contribution in [1.29, 1.82) is 0 Å². The fourth-order valence-electron chi connectivity index (χ4n) is 1.44. The maximum atomic E-state index is 4.21. The van der Waals surface area contributed by atoms with E-state index < -0.39 is 0 Å². The maximum absolute atomic E-state index is 4.21. The lowest BCUT2D eigenvalue weighted by molar-refractivity contribution is 0.936. The van der Waals surface area contributed by atoms with Crippen molar-refractivity contribution in [3.63, 3.8) is 0 Å². The summed E-state index contributed by atoms with van der Waals surface area (Å²) >= 11 is 0. The summed E-state index contributed by atoms with van der Waals surface area (Å²) in [5, 5.41) is 7.43. The summed E-state index contributed by atoms with van der Waals surface area (Å²) < 4.78 is 1.69. The van der Waals surface area contributed by atoms with Gasteiger partial charge in [0, 0.05) is 30.7 Å². The van der Waals surface area contributed by atoms with E-state index in [1.165, 1.54) is 0 Å². The van der Waals surface area contributed by atoms with Gasteiger partial charge < -0.3 is 5.32 Å². The average molecular weight is 214 g/mol. The number of hydrogen-bond donors (Lipinski definition) is 1. The summed E-state index contributed by atoms with van der Waals surface area (Å²) in [5.41, 5.74) is 3.16. The molecule has 4 heteroatoms. The van der Waals surface area contributed by atoms with E-state index in [4.69, 9.17) is 0 Å². The molecular formula is C12H14N4. The Hall–Kier alpha value is -2.10. The van der Waals surface area contributed by atoms with Crippen molar-refractivity contribution in [2.24, 2.45) is 0 Å². The second-order valence-electron chi connectivity index (χ2n) is 3.50. The Morgan fingerprint density at radius 1 is 1.56 bits per heavy atom. The summed E-state index contributed by atoms with van der Waals surface area (Å²) in [7, 11) is 0. The van der Waals surface area contributed by atoms with Crippen molar-refractivity contribution in [3.8, 4) is 0 Å². The van der Waals surface area contributed by atoms with Crippen LogP contribution in [0.25, 0.3) is 6.20 Å². The third kappa shape index (κ3) is 2.28. The number of nitrogens with zero attached hydrogens (tertiary/aromatic N) is 3. The van der Waals surface area contributed by atoms with E-state index in [-0.39, 0.29) is 0 Å². The monoisotopic (exact) mass is 214 g/mol. The maximum Gasteiger partial charge on any atom is 0.0603 e. The molecule has 0 bridgehead atoms. The number of pyridine rings is 1. The van der Waals surface area contributed by atoms with E-state index in [9.17, 15) is 0 Å². The molecule has 0 atom stereocenters. The number of aryl methyl sites for hydroxylation is 1. The Morgan fingerprint density at radius 3 is 3.12 bits per heavy atom. The van der Waals surface area contributed by atoms with Crippen LogP contribution in [0.2, 0.25) is 0 Å². The van der Waals surface area contributed by atoms with E-state index >= 15 is 0 Å². The van der Waals surface area contributed by atoms with Gasteiger partial charge >= 0.3 is 0 Å². The van der Waals surface area contributed by atoms with Crippen molar-refractivity contribution in [3.05, 3.63) is 48.6 Å². The molecule has 0 saturated carbocycles. The molecule has 2 heterocycles. The predicted octanol–water partition coefficient (Wildman–Crippen LogP) is 2.30. The van der Waals surface area contributed by atoms with Crippen LogP contribution in [-0.4, -0.2) is 14.8 Å². The highest BCUT2D eigenvalue weighted by atomic mass is 15.2. The molecule has 2 aromatic heterocycles. The zero-order valence-electron chi connectivity index (χ0n) is 9.22. The molecular weight excluding hydrogens is 200 g/mol. The average Bonchev–Trinajstić information content (AvgIpc) is 2.76. The van der Waals surface area contributed by atoms with Crippen LogP contribution in [0.3, 0.4) is 0 Å². The molecule has 0 aliphatic heterocycles. The van der Waals surface area contributed by atoms with E-state index in [2.05, 4.69) is 22.0 Å². The van der Waals surface area contributed by atoms with Crippen molar-refractivity contribution in [2.75, 3.05) is 5.32 Å². The van der Waals surface area contributed by atoms with Gasteiger partial charge in [0.15, 0.2) is 0 Å². The van der Waals surface area contributed by atoms with Gasteiger partial charge in [-0.3, -0.25) is 4.98 Å². The molecule has 0 saturated heterocycles. The molecule has 0 fully saturated rings. The molecule has 4 nitrogen and oxygen atoms in total. The number of nitrogens with one attached hydrogen (secondary N) is 1. The lowest BCUT2D eigenvalue weighted by atomic mass is 10.3.